The molecule has 1 unspecified atom stereocenters. The van der Waals surface area contributed by atoms with Crippen molar-refractivity contribution < 1.29 is 9.53 Å². The average Bonchev–Trinajstić information content (AvgIpc) is 2.97. The third-order valence-electron chi connectivity index (χ3n) is 8.66. The zero-order chi connectivity index (χ0) is 30.2. The molecule has 0 saturated carbocycles. The summed E-state index contributed by atoms with van der Waals surface area (Å²) >= 11 is 6.50. The summed E-state index contributed by atoms with van der Waals surface area (Å²) in [5.41, 5.74) is 4.34. The van der Waals surface area contributed by atoms with Crippen molar-refractivity contribution >= 4 is 46.4 Å². The van der Waals surface area contributed by atoms with E-state index in [1.807, 2.05) is 41.4 Å². The van der Waals surface area contributed by atoms with Gasteiger partial charge in [0, 0.05) is 30.8 Å². The highest BCUT2D eigenvalue weighted by molar-refractivity contribution is 8.93. The van der Waals surface area contributed by atoms with Crippen LogP contribution in [0.4, 0.5) is 5.69 Å². The van der Waals surface area contributed by atoms with Gasteiger partial charge in [-0.2, -0.15) is 0 Å². The number of allylic oxidation sites excluding steroid dienone is 1. The van der Waals surface area contributed by atoms with Crippen LogP contribution in [-0.4, -0.2) is 25.3 Å². The van der Waals surface area contributed by atoms with Gasteiger partial charge in [0.15, 0.2) is 0 Å². The molecule has 0 saturated heterocycles. The number of hydrogen-bond acceptors (Lipinski definition) is 3. The minimum absolute atomic E-state index is 0. The molecular formula is C37H54BrClN2O2. The molecule has 2 aromatic carbocycles. The molecule has 6 heteroatoms. The minimum atomic E-state index is -0.0670. The number of carbonyl (C=O) groups is 1. The smallest absolute Gasteiger partial charge is 0.224 e. The van der Waals surface area contributed by atoms with Crippen LogP contribution in [0.15, 0.2) is 59.1 Å². The van der Waals surface area contributed by atoms with Gasteiger partial charge in [-0.3, -0.25) is 9.79 Å². The third kappa shape index (κ3) is 12.4. The topological polar surface area (TPSA) is 41.9 Å². The minimum Gasteiger partial charge on any atom is -0.492 e. The first-order valence-electron chi connectivity index (χ1n) is 16.3. The quantitative estimate of drug-likeness (QED) is 0.139. The van der Waals surface area contributed by atoms with Crippen molar-refractivity contribution in [3.63, 3.8) is 0 Å². The van der Waals surface area contributed by atoms with E-state index in [1.165, 1.54) is 76.2 Å². The predicted molar refractivity (Wildman–Crippen MR) is 191 cm³/mol. The molecule has 0 N–H and O–H groups in total. The maximum absolute atomic E-state index is 12.9. The standard InChI is InChI=1S/C37H53ClN2O2.BrH/c1-5-6-7-8-9-10-11-12-13-14-15-18-25-42-36-26-32(21-22-34(36)38)28-40(31(3)41)35-20-17-16-19-33(35)27-37(4)29-39-24-23-30(37)2;/h16-17,19-24,26H,5-15,18,25,27-29H2,1-4H3;1H. The van der Waals surface area contributed by atoms with E-state index in [0.717, 1.165) is 36.2 Å². The Morgan fingerprint density at radius 1 is 0.953 bits per heavy atom. The van der Waals surface area contributed by atoms with Gasteiger partial charge in [-0.25, -0.2) is 0 Å². The summed E-state index contributed by atoms with van der Waals surface area (Å²) in [6.45, 7) is 10.2. The van der Waals surface area contributed by atoms with Gasteiger partial charge in [0.1, 0.15) is 5.75 Å². The number of rotatable bonds is 19. The lowest BCUT2D eigenvalue weighted by molar-refractivity contribution is -0.116. The van der Waals surface area contributed by atoms with E-state index in [4.69, 9.17) is 16.3 Å². The van der Waals surface area contributed by atoms with E-state index in [2.05, 4.69) is 44.0 Å². The van der Waals surface area contributed by atoms with Crippen LogP contribution in [0.5, 0.6) is 5.75 Å². The molecule has 238 valence electrons. The number of benzene rings is 2. The van der Waals surface area contributed by atoms with Gasteiger partial charge in [0.05, 0.1) is 18.2 Å². The molecule has 0 aromatic heterocycles. The fraction of sp³-hybridized carbons (Fsp3) is 0.568. The van der Waals surface area contributed by atoms with Crippen LogP contribution in [0.3, 0.4) is 0 Å². The number of amides is 1. The van der Waals surface area contributed by atoms with Gasteiger partial charge >= 0.3 is 0 Å². The van der Waals surface area contributed by atoms with Gasteiger partial charge in [0.2, 0.25) is 5.91 Å². The first-order chi connectivity index (χ1) is 20.3. The number of unbranched alkanes of at least 4 members (excludes halogenated alkanes) is 11. The summed E-state index contributed by atoms with van der Waals surface area (Å²) in [6.07, 6.45) is 20.6. The molecule has 0 bridgehead atoms. The first kappa shape index (κ1) is 37.1. The zero-order valence-electron chi connectivity index (χ0n) is 27.0. The van der Waals surface area contributed by atoms with Crippen molar-refractivity contribution in [3.05, 3.63) is 70.3 Å². The Balaban J connectivity index is 0.00000645. The fourth-order valence-electron chi connectivity index (χ4n) is 5.71. The van der Waals surface area contributed by atoms with Crippen molar-refractivity contribution in [3.8, 4) is 5.75 Å². The Bertz CT molecular complexity index is 1180. The summed E-state index contributed by atoms with van der Waals surface area (Å²) in [5.74, 6) is 0.706. The Hall–Kier alpha value is -2.11. The predicted octanol–water partition coefficient (Wildman–Crippen LogP) is 11.1. The molecule has 3 rings (SSSR count). The molecule has 0 aliphatic carbocycles. The SMILES string of the molecule is Br.CCCCCCCCCCCCCCOc1cc(CN(C(C)=O)c2ccccc2CC2(C)CN=CC=C2C)ccc1Cl. The Morgan fingerprint density at radius 3 is 2.21 bits per heavy atom. The maximum atomic E-state index is 12.9. The highest BCUT2D eigenvalue weighted by atomic mass is 79.9. The third-order valence-corrected chi connectivity index (χ3v) is 8.97. The van der Waals surface area contributed by atoms with Crippen LogP contribution in [-0.2, 0) is 17.8 Å². The lowest BCUT2D eigenvalue weighted by atomic mass is 9.76. The second-order valence-corrected chi connectivity index (χ2v) is 12.7. The summed E-state index contributed by atoms with van der Waals surface area (Å²) in [5, 5.41) is 0.612. The Kier molecular flexibility index (Phi) is 17.3. The first-order valence-corrected chi connectivity index (χ1v) is 16.7. The van der Waals surface area contributed by atoms with Crippen LogP contribution < -0.4 is 9.64 Å². The number of ether oxygens (including phenoxy) is 1. The van der Waals surface area contributed by atoms with E-state index in [9.17, 15) is 4.79 Å². The molecule has 0 spiro atoms. The number of nitrogens with zero attached hydrogens (tertiary/aromatic N) is 2. The van der Waals surface area contributed by atoms with Crippen LogP contribution >= 0.6 is 28.6 Å². The van der Waals surface area contributed by atoms with Gasteiger partial charge < -0.3 is 9.64 Å². The second-order valence-electron chi connectivity index (χ2n) is 12.3. The molecule has 1 aliphatic rings. The normalized spacial score (nSPS) is 16.0. The fourth-order valence-corrected chi connectivity index (χ4v) is 5.89. The second kappa shape index (κ2) is 20.0. The molecule has 0 fully saturated rings. The number of hydrogen-bond donors (Lipinski definition) is 0. The summed E-state index contributed by atoms with van der Waals surface area (Å²) < 4.78 is 6.11. The summed E-state index contributed by atoms with van der Waals surface area (Å²) in [7, 11) is 0. The monoisotopic (exact) mass is 672 g/mol. The molecule has 1 heterocycles. The number of aliphatic imine (C=N–C) groups is 1. The highest BCUT2D eigenvalue weighted by Gasteiger charge is 2.30. The van der Waals surface area contributed by atoms with E-state index in [0.29, 0.717) is 23.9 Å². The van der Waals surface area contributed by atoms with Crippen LogP contribution in [0, 0.1) is 5.41 Å². The van der Waals surface area contributed by atoms with Crippen molar-refractivity contribution in [1.29, 1.82) is 0 Å². The van der Waals surface area contributed by atoms with E-state index in [-0.39, 0.29) is 28.3 Å². The number of carbonyl (C=O) groups excluding carboxylic acids is 1. The number of dihydropyridines is 1. The molecule has 0 radical (unpaired) electrons. The number of anilines is 1. The molecular weight excluding hydrogens is 620 g/mol. The number of para-hydroxylation sites is 1. The van der Waals surface area contributed by atoms with E-state index in [1.54, 1.807) is 6.92 Å². The van der Waals surface area contributed by atoms with Crippen molar-refractivity contribution in [1.82, 2.24) is 0 Å². The van der Waals surface area contributed by atoms with Crippen LogP contribution in [0.2, 0.25) is 5.02 Å². The molecule has 1 aliphatic heterocycles. The van der Waals surface area contributed by atoms with E-state index < -0.39 is 0 Å². The van der Waals surface area contributed by atoms with Crippen molar-refractivity contribution in [2.45, 2.75) is 118 Å². The molecule has 2 aromatic rings. The van der Waals surface area contributed by atoms with E-state index >= 15 is 0 Å². The van der Waals surface area contributed by atoms with Gasteiger partial charge in [-0.15, -0.1) is 17.0 Å². The van der Waals surface area contributed by atoms with Crippen molar-refractivity contribution in [2.75, 3.05) is 18.1 Å². The van der Waals surface area contributed by atoms with Crippen molar-refractivity contribution in [2.24, 2.45) is 10.4 Å². The summed E-state index contributed by atoms with van der Waals surface area (Å²) in [6, 6.07) is 14.1. The molecule has 1 amide bonds. The van der Waals surface area contributed by atoms with Crippen LogP contribution in [0.1, 0.15) is 116 Å². The largest absolute Gasteiger partial charge is 0.492 e. The highest BCUT2D eigenvalue weighted by Crippen LogP contribution is 2.37. The van der Waals surface area contributed by atoms with Crippen LogP contribution in [0.25, 0.3) is 0 Å². The van der Waals surface area contributed by atoms with Gasteiger partial charge in [-0.05, 0) is 55.2 Å². The lowest BCUT2D eigenvalue weighted by Gasteiger charge is -2.33. The Labute approximate surface area is 277 Å². The average molecular weight is 674 g/mol. The summed E-state index contributed by atoms with van der Waals surface area (Å²) in [4.78, 5) is 19.3. The lowest BCUT2D eigenvalue weighted by Crippen LogP contribution is -2.31. The zero-order valence-corrected chi connectivity index (χ0v) is 29.5. The van der Waals surface area contributed by atoms with Gasteiger partial charge in [-0.1, -0.05) is 126 Å². The van der Waals surface area contributed by atoms with Gasteiger partial charge in [0.25, 0.3) is 0 Å². The Morgan fingerprint density at radius 2 is 1.58 bits per heavy atom. The molecule has 4 nitrogen and oxygen atoms in total. The molecule has 43 heavy (non-hydrogen) atoms. The maximum Gasteiger partial charge on any atom is 0.224 e. The molecule has 1 atom stereocenters. The number of halogens is 2.